The van der Waals surface area contributed by atoms with E-state index >= 15 is 0 Å². The van der Waals surface area contributed by atoms with Crippen LogP contribution in [0.15, 0.2) is 16.5 Å². The van der Waals surface area contributed by atoms with Crippen LogP contribution in [0, 0.1) is 0 Å². The topological polar surface area (TPSA) is 99.9 Å². The molecule has 2 rings (SSSR count). The molecule has 1 saturated carbocycles. The van der Waals surface area contributed by atoms with Crippen LogP contribution in [0.25, 0.3) is 0 Å². The third-order valence-electron chi connectivity index (χ3n) is 3.77. The van der Waals surface area contributed by atoms with Crippen molar-refractivity contribution in [2.24, 2.45) is 0 Å². The molecule has 0 bridgehead atoms. The van der Waals surface area contributed by atoms with Crippen molar-refractivity contribution in [2.45, 2.75) is 44.7 Å². The molecule has 1 fully saturated rings. The normalized spacial score (nSPS) is 17.2. The molecule has 21 heavy (non-hydrogen) atoms. The van der Waals surface area contributed by atoms with Gasteiger partial charge in [-0.2, -0.15) is 17.4 Å². The molecule has 0 aliphatic heterocycles. The maximum absolute atomic E-state index is 12.2. The molecule has 0 spiro atoms. The smallest absolute Gasteiger partial charge is 0.371 e. The maximum atomic E-state index is 12.2. The van der Waals surface area contributed by atoms with Crippen molar-refractivity contribution in [1.29, 1.82) is 0 Å². The van der Waals surface area contributed by atoms with E-state index in [1.54, 1.807) is 7.05 Å². The summed E-state index contributed by atoms with van der Waals surface area (Å²) < 4.78 is 33.2. The van der Waals surface area contributed by atoms with Crippen LogP contribution in [0.5, 0.6) is 0 Å². The predicted molar refractivity (Wildman–Crippen MR) is 76.1 cm³/mol. The van der Waals surface area contributed by atoms with Gasteiger partial charge in [0.05, 0.1) is 6.54 Å². The maximum Gasteiger partial charge on any atom is 0.371 e. The number of hydrogen-bond donors (Lipinski definition) is 2. The van der Waals surface area contributed by atoms with E-state index in [-0.39, 0.29) is 24.1 Å². The lowest BCUT2D eigenvalue weighted by Gasteiger charge is -2.30. The summed E-state index contributed by atoms with van der Waals surface area (Å²) in [5.74, 6) is -1.11. The van der Waals surface area contributed by atoms with Crippen LogP contribution in [0.4, 0.5) is 0 Å². The number of hydrogen-bond acceptors (Lipinski definition) is 4. The first-order valence-corrected chi connectivity index (χ1v) is 8.39. The highest BCUT2D eigenvalue weighted by atomic mass is 32.2. The Morgan fingerprint density at radius 3 is 2.62 bits per heavy atom. The first-order chi connectivity index (χ1) is 9.90. The molecule has 2 N–H and O–H groups in total. The van der Waals surface area contributed by atoms with Crippen LogP contribution in [0.2, 0.25) is 0 Å². The quantitative estimate of drug-likeness (QED) is 0.830. The third-order valence-corrected chi connectivity index (χ3v) is 5.33. The van der Waals surface area contributed by atoms with Crippen molar-refractivity contribution in [1.82, 2.24) is 9.03 Å². The number of carboxylic acids is 1. The number of nitrogens with one attached hydrogen (secondary N) is 1. The SMILES string of the molecule is CN(C1CCCCC1)S(=O)(=O)NCc1ccc(C(=O)O)o1. The van der Waals surface area contributed by atoms with Crippen LogP contribution in [0.1, 0.15) is 48.4 Å². The van der Waals surface area contributed by atoms with Gasteiger partial charge in [-0.3, -0.25) is 0 Å². The Morgan fingerprint density at radius 1 is 1.38 bits per heavy atom. The van der Waals surface area contributed by atoms with Crippen LogP contribution in [0.3, 0.4) is 0 Å². The molecule has 1 aliphatic carbocycles. The fraction of sp³-hybridized carbons (Fsp3) is 0.615. The fourth-order valence-corrected chi connectivity index (χ4v) is 3.62. The molecule has 0 aromatic carbocycles. The number of furan rings is 1. The summed E-state index contributed by atoms with van der Waals surface area (Å²) in [7, 11) is -2.02. The van der Waals surface area contributed by atoms with Gasteiger partial charge in [0.1, 0.15) is 5.76 Å². The van der Waals surface area contributed by atoms with Crippen LogP contribution < -0.4 is 4.72 Å². The predicted octanol–water partition coefficient (Wildman–Crippen LogP) is 1.58. The minimum absolute atomic E-state index is 0.0300. The van der Waals surface area contributed by atoms with E-state index in [0.29, 0.717) is 0 Å². The average molecular weight is 316 g/mol. The van der Waals surface area contributed by atoms with Crippen molar-refractivity contribution in [3.8, 4) is 0 Å². The minimum Gasteiger partial charge on any atom is -0.475 e. The van der Waals surface area contributed by atoms with Gasteiger partial charge < -0.3 is 9.52 Å². The lowest BCUT2D eigenvalue weighted by Crippen LogP contribution is -2.44. The summed E-state index contributed by atoms with van der Waals surface area (Å²) in [5, 5.41) is 8.74. The monoisotopic (exact) mass is 316 g/mol. The van der Waals surface area contributed by atoms with Crippen molar-refractivity contribution in [3.63, 3.8) is 0 Å². The van der Waals surface area contributed by atoms with E-state index < -0.39 is 16.2 Å². The molecule has 1 heterocycles. The standard InChI is InChI=1S/C13H20N2O5S/c1-15(10-5-3-2-4-6-10)21(18,19)14-9-11-7-8-12(20-11)13(16)17/h7-8,10,14H,2-6,9H2,1H3,(H,16,17). The van der Waals surface area contributed by atoms with E-state index in [1.807, 2.05) is 0 Å². The average Bonchev–Trinajstić information content (AvgIpc) is 2.94. The molecule has 1 aromatic rings. The second-order valence-corrected chi connectivity index (χ2v) is 7.02. The molecule has 0 amide bonds. The zero-order valence-corrected chi connectivity index (χ0v) is 12.7. The zero-order valence-electron chi connectivity index (χ0n) is 11.9. The summed E-state index contributed by atoms with van der Waals surface area (Å²) in [4.78, 5) is 10.7. The molecule has 1 aromatic heterocycles. The molecule has 0 radical (unpaired) electrons. The van der Waals surface area contributed by atoms with Crippen LogP contribution in [-0.4, -0.2) is 36.9 Å². The lowest BCUT2D eigenvalue weighted by molar-refractivity contribution is 0.0660. The molecular weight excluding hydrogens is 296 g/mol. The zero-order chi connectivity index (χ0) is 15.5. The number of carboxylic acid groups (broad SMARTS) is 1. The third kappa shape index (κ3) is 4.05. The van der Waals surface area contributed by atoms with Crippen LogP contribution in [-0.2, 0) is 16.8 Å². The lowest BCUT2D eigenvalue weighted by atomic mass is 9.96. The summed E-state index contributed by atoms with van der Waals surface area (Å²) in [6, 6.07) is 2.78. The first-order valence-electron chi connectivity index (χ1n) is 6.95. The van der Waals surface area contributed by atoms with E-state index in [1.165, 1.54) is 16.4 Å². The molecular formula is C13H20N2O5S. The van der Waals surface area contributed by atoms with Crippen molar-refractivity contribution >= 4 is 16.2 Å². The Morgan fingerprint density at radius 2 is 2.05 bits per heavy atom. The number of rotatable bonds is 6. The Bertz CT molecular complexity index is 589. The van der Waals surface area contributed by atoms with Gasteiger partial charge in [0, 0.05) is 13.1 Å². The summed E-state index contributed by atoms with van der Waals surface area (Å²) in [6.07, 6.45) is 5.00. The fourth-order valence-electron chi connectivity index (χ4n) is 2.49. The second kappa shape index (κ2) is 6.59. The Balaban J connectivity index is 1.94. The number of carbonyl (C=O) groups is 1. The Kier molecular flexibility index (Phi) is 5.02. The van der Waals surface area contributed by atoms with E-state index in [0.717, 1.165) is 32.1 Å². The van der Waals surface area contributed by atoms with E-state index in [9.17, 15) is 13.2 Å². The number of nitrogens with zero attached hydrogens (tertiary/aromatic N) is 1. The molecule has 0 saturated heterocycles. The van der Waals surface area contributed by atoms with Gasteiger partial charge in [-0.05, 0) is 25.0 Å². The molecule has 1 aliphatic rings. The molecule has 0 atom stereocenters. The van der Waals surface area contributed by atoms with E-state index in [4.69, 9.17) is 9.52 Å². The molecule has 7 nitrogen and oxygen atoms in total. The first kappa shape index (κ1) is 16.0. The summed E-state index contributed by atoms with van der Waals surface area (Å²) >= 11 is 0. The van der Waals surface area contributed by atoms with Crippen molar-refractivity contribution in [2.75, 3.05) is 7.05 Å². The Hall–Kier alpha value is -1.38. The van der Waals surface area contributed by atoms with Crippen molar-refractivity contribution < 1.29 is 22.7 Å². The van der Waals surface area contributed by atoms with Crippen molar-refractivity contribution in [3.05, 3.63) is 23.7 Å². The van der Waals surface area contributed by atoms with Gasteiger partial charge in [-0.15, -0.1) is 0 Å². The molecule has 0 unspecified atom stereocenters. The van der Waals surface area contributed by atoms with Crippen LogP contribution >= 0.6 is 0 Å². The summed E-state index contributed by atoms with van der Waals surface area (Å²) in [5.41, 5.74) is 0. The Labute approximate surface area is 124 Å². The largest absolute Gasteiger partial charge is 0.475 e. The number of aromatic carboxylic acids is 1. The van der Waals surface area contributed by atoms with E-state index in [2.05, 4.69) is 4.72 Å². The summed E-state index contributed by atoms with van der Waals surface area (Å²) in [6.45, 7) is -0.0628. The molecule has 118 valence electrons. The highest BCUT2D eigenvalue weighted by Gasteiger charge is 2.27. The molecule has 8 heteroatoms. The second-order valence-electron chi connectivity index (χ2n) is 5.21. The van der Waals surface area contributed by atoms with Gasteiger partial charge in [-0.25, -0.2) is 4.79 Å². The highest BCUT2D eigenvalue weighted by molar-refractivity contribution is 7.87. The minimum atomic E-state index is -3.59. The van der Waals surface area contributed by atoms with Gasteiger partial charge >= 0.3 is 5.97 Å². The van der Waals surface area contributed by atoms with Gasteiger partial charge in [0.2, 0.25) is 5.76 Å². The van der Waals surface area contributed by atoms with Gasteiger partial charge in [0.25, 0.3) is 10.2 Å². The van der Waals surface area contributed by atoms with Gasteiger partial charge in [-0.1, -0.05) is 19.3 Å². The van der Waals surface area contributed by atoms with Gasteiger partial charge in [0.15, 0.2) is 0 Å². The highest BCUT2D eigenvalue weighted by Crippen LogP contribution is 2.23.